The number of benzene rings is 3. The lowest BCUT2D eigenvalue weighted by molar-refractivity contribution is -0.118. The van der Waals surface area contributed by atoms with E-state index in [0.29, 0.717) is 37.5 Å². The number of carbonyl (C=O) groups excluding carboxylic acids is 2. The molecule has 2 amide bonds. The van der Waals surface area contributed by atoms with Gasteiger partial charge in [0.15, 0.2) is 12.4 Å². The topological polar surface area (TPSA) is 107 Å². The van der Waals surface area contributed by atoms with Crippen LogP contribution in [0.4, 0.5) is 5.69 Å². The largest absolute Gasteiger partial charge is 0.486 e. The molecule has 0 saturated carbocycles. The SMILES string of the molecule is Cc1ccc(NC(=O)COc2c(Br)cc(/C=N/NC(=O)c3ccc(COc4ccc(-n5c(C)ccc5C)cc4)o3)cc2Br)cc1. The highest BCUT2D eigenvalue weighted by molar-refractivity contribution is 9.11. The van der Waals surface area contributed by atoms with E-state index >= 15 is 0 Å². The summed E-state index contributed by atoms with van der Waals surface area (Å²) in [6.07, 6.45) is 1.48. The summed E-state index contributed by atoms with van der Waals surface area (Å²) in [4.78, 5) is 24.9. The first-order valence-corrected chi connectivity index (χ1v) is 15.5. The number of carbonyl (C=O) groups is 2. The highest BCUT2D eigenvalue weighted by atomic mass is 79.9. The molecule has 0 fully saturated rings. The maximum Gasteiger partial charge on any atom is 0.307 e. The summed E-state index contributed by atoms with van der Waals surface area (Å²) in [6, 6.07) is 26.2. The Morgan fingerprint density at radius 3 is 2.20 bits per heavy atom. The fourth-order valence-electron chi connectivity index (χ4n) is 4.48. The van der Waals surface area contributed by atoms with Gasteiger partial charge in [0.1, 0.15) is 23.9 Å². The number of halogens is 2. The third-order valence-electron chi connectivity index (χ3n) is 6.72. The molecule has 0 aliphatic rings. The Bertz CT molecular complexity index is 1800. The van der Waals surface area contributed by atoms with Gasteiger partial charge >= 0.3 is 5.91 Å². The van der Waals surface area contributed by atoms with Crippen molar-refractivity contribution in [3.8, 4) is 17.2 Å². The molecular formula is C34H30Br2N4O5. The molecule has 0 bridgehead atoms. The second-order valence-corrected chi connectivity index (χ2v) is 11.9. The van der Waals surface area contributed by atoms with Crippen LogP contribution in [0.5, 0.6) is 11.5 Å². The van der Waals surface area contributed by atoms with Crippen molar-refractivity contribution in [3.63, 3.8) is 0 Å². The molecule has 0 saturated heterocycles. The molecular weight excluding hydrogens is 704 g/mol. The monoisotopic (exact) mass is 732 g/mol. The van der Waals surface area contributed by atoms with Crippen LogP contribution < -0.4 is 20.2 Å². The molecule has 9 nitrogen and oxygen atoms in total. The molecule has 5 rings (SSSR count). The van der Waals surface area contributed by atoms with Crippen LogP contribution in [0.2, 0.25) is 0 Å². The average Bonchev–Trinajstić information content (AvgIpc) is 3.63. The smallest absolute Gasteiger partial charge is 0.307 e. The Morgan fingerprint density at radius 2 is 1.53 bits per heavy atom. The van der Waals surface area contributed by atoms with Crippen molar-refractivity contribution in [2.24, 2.45) is 5.10 Å². The Morgan fingerprint density at radius 1 is 0.867 bits per heavy atom. The standard InChI is InChI=1S/C34H30Br2N4O5/c1-21-4-8-25(9-5-21)38-32(41)20-44-33-29(35)16-24(17-30(33)36)18-37-39-34(42)31-15-14-28(45-31)19-43-27-12-10-26(11-13-27)40-22(2)6-7-23(40)3/h4-18H,19-20H2,1-3H3,(H,38,41)(H,39,42)/b37-18+. The van der Waals surface area contributed by atoms with Crippen LogP contribution in [-0.4, -0.2) is 29.2 Å². The molecule has 11 heteroatoms. The van der Waals surface area contributed by atoms with Gasteiger partial charge in [0.2, 0.25) is 0 Å². The lowest BCUT2D eigenvalue weighted by Crippen LogP contribution is -2.20. The maximum absolute atomic E-state index is 12.6. The molecule has 5 aromatic rings. The second kappa shape index (κ2) is 14.4. The van der Waals surface area contributed by atoms with Gasteiger partial charge in [-0.15, -0.1) is 0 Å². The van der Waals surface area contributed by atoms with Gasteiger partial charge in [-0.3, -0.25) is 9.59 Å². The molecule has 0 unspecified atom stereocenters. The van der Waals surface area contributed by atoms with Gasteiger partial charge in [0.05, 0.1) is 15.2 Å². The quantitative estimate of drug-likeness (QED) is 0.106. The maximum atomic E-state index is 12.6. The van der Waals surface area contributed by atoms with Crippen LogP contribution in [0.15, 0.2) is 103 Å². The molecule has 3 aromatic carbocycles. The van der Waals surface area contributed by atoms with Crippen molar-refractivity contribution in [3.05, 3.63) is 128 Å². The number of hydrazone groups is 1. The van der Waals surface area contributed by atoms with Crippen molar-refractivity contribution in [2.75, 3.05) is 11.9 Å². The number of nitrogens with one attached hydrogen (secondary N) is 2. The van der Waals surface area contributed by atoms with E-state index < -0.39 is 5.91 Å². The van der Waals surface area contributed by atoms with Crippen LogP contribution in [0, 0.1) is 20.8 Å². The van der Waals surface area contributed by atoms with Gasteiger partial charge in [-0.05, 0) is 131 Å². The van der Waals surface area contributed by atoms with E-state index in [4.69, 9.17) is 13.9 Å². The number of aryl methyl sites for hydroxylation is 3. The van der Waals surface area contributed by atoms with Gasteiger partial charge in [0, 0.05) is 22.8 Å². The van der Waals surface area contributed by atoms with E-state index in [9.17, 15) is 9.59 Å². The minimum absolute atomic E-state index is 0.106. The van der Waals surface area contributed by atoms with Crippen molar-refractivity contribution < 1.29 is 23.5 Å². The Hall–Kier alpha value is -4.61. The van der Waals surface area contributed by atoms with Crippen LogP contribution in [0.25, 0.3) is 5.69 Å². The lowest BCUT2D eigenvalue weighted by atomic mass is 10.2. The summed E-state index contributed by atoms with van der Waals surface area (Å²) >= 11 is 6.94. The highest BCUT2D eigenvalue weighted by Crippen LogP contribution is 2.34. The molecule has 0 aliphatic heterocycles. The van der Waals surface area contributed by atoms with E-state index in [1.807, 2.05) is 55.5 Å². The predicted octanol–water partition coefficient (Wildman–Crippen LogP) is 7.88. The number of aromatic nitrogens is 1. The van der Waals surface area contributed by atoms with Crippen LogP contribution in [0.3, 0.4) is 0 Å². The number of nitrogens with zero attached hydrogens (tertiary/aromatic N) is 2. The lowest BCUT2D eigenvalue weighted by Gasteiger charge is -2.11. The number of hydrogen-bond donors (Lipinski definition) is 2. The number of furan rings is 1. The summed E-state index contributed by atoms with van der Waals surface area (Å²) < 4.78 is 20.6. The third-order valence-corrected chi connectivity index (χ3v) is 7.89. The first-order valence-electron chi connectivity index (χ1n) is 13.9. The summed E-state index contributed by atoms with van der Waals surface area (Å²) in [5, 5.41) is 6.83. The zero-order valence-corrected chi connectivity index (χ0v) is 27.9. The highest BCUT2D eigenvalue weighted by Gasteiger charge is 2.13. The van der Waals surface area contributed by atoms with Gasteiger partial charge in [-0.2, -0.15) is 5.10 Å². The van der Waals surface area contributed by atoms with Crippen molar-refractivity contribution in [1.82, 2.24) is 9.99 Å². The van der Waals surface area contributed by atoms with Gasteiger partial charge in [0.25, 0.3) is 5.91 Å². The predicted molar refractivity (Wildman–Crippen MR) is 180 cm³/mol. The summed E-state index contributed by atoms with van der Waals surface area (Å²) in [7, 11) is 0. The Balaban J connectivity index is 1.10. The zero-order valence-electron chi connectivity index (χ0n) is 24.8. The molecule has 2 aromatic heterocycles. The van der Waals surface area contributed by atoms with Crippen LogP contribution in [-0.2, 0) is 11.4 Å². The number of hydrogen-bond acceptors (Lipinski definition) is 6. The van der Waals surface area contributed by atoms with Crippen molar-refractivity contribution >= 4 is 55.6 Å². The van der Waals surface area contributed by atoms with Crippen LogP contribution >= 0.6 is 31.9 Å². The first-order chi connectivity index (χ1) is 21.7. The van der Waals surface area contributed by atoms with Crippen molar-refractivity contribution in [1.29, 1.82) is 0 Å². The summed E-state index contributed by atoms with van der Waals surface area (Å²) in [5.74, 6) is 0.967. The summed E-state index contributed by atoms with van der Waals surface area (Å²) in [5.41, 5.74) is 8.31. The molecule has 2 heterocycles. The van der Waals surface area contributed by atoms with Crippen LogP contribution in [0.1, 0.15) is 38.8 Å². The number of ether oxygens (including phenoxy) is 2. The molecule has 45 heavy (non-hydrogen) atoms. The molecule has 0 atom stereocenters. The Kier molecular flexibility index (Phi) is 10.2. The summed E-state index contributed by atoms with van der Waals surface area (Å²) in [6.45, 7) is 6.10. The first kappa shape index (κ1) is 31.8. The van der Waals surface area contributed by atoms with Gasteiger partial charge < -0.3 is 23.8 Å². The molecule has 0 spiro atoms. The minimum atomic E-state index is -0.503. The molecule has 0 aliphatic carbocycles. The molecule has 230 valence electrons. The fraction of sp³-hybridized carbons (Fsp3) is 0.147. The van der Waals surface area contributed by atoms with Gasteiger partial charge in [-0.1, -0.05) is 17.7 Å². The fourth-order valence-corrected chi connectivity index (χ4v) is 5.93. The average molecular weight is 734 g/mol. The van der Waals surface area contributed by atoms with E-state index in [1.165, 1.54) is 6.21 Å². The van der Waals surface area contributed by atoms with E-state index in [2.05, 4.69) is 78.3 Å². The second-order valence-electron chi connectivity index (χ2n) is 10.2. The molecule has 0 radical (unpaired) electrons. The van der Waals surface area contributed by atoms with Gasteiger partial charge in [-0.25, -0.2) is 5.43 Å². The number of rotatable bonds is 11. The third kappa shape index (κ3) is 8.31. The minimum Gasteiger partial charge on any atom is -0.486 e. The number of anilines is 1. The van der Waals surface area contributed by atoms with E-state index in [-0.39, 0.29) is 24.9 Å². The van der Waals surface area contributed by atoms with E-state index in [0.717, 1.165) is 22.6 Å². The van der Waals surface area contributed by atoms with E-state index in [1.54, 1.807) is 24.3 Å². The van der Waals surface area contributed by atoms with Crippen molar-refractivity contribution in [2.45, 2.75) is 27.4 Å². The normalized spacial score (nSPS) is 11.0. The number of amides is 2. The Labute approximate surface area is 277 Å². The molecule has 2 N–H and O–H groups in total. The zero-order chi connectivity index (χ0) is 31.9.